The van der Waals surface area contributed by atoms with Crippen molar-refractivity contribution in [2.45, 2.75) is 52.1 Å². The lowest BCUT2D eigenvalue weighted by Gasteiger charge is -2.23. The van der Waals surface area contributed by atoms with E-state index < -0.39 is 0 Å². The third-order valence-electron chi connectivity index (χ3n) is 6.06. The minimum Gasteiger partial charge on any atom is -0.307 e. The molecule has 0 bridgehead atoms. The SMILES string of the molecule is C[C@@H]1CCc2c(sc3ncn(CC(=O)N4c5ccccc5C[C@H]4C)c(=O)c23)C1. The Balaban J connectivity index is 1.50. The number of benzene rings is 1. The van der Waals surface area contributed by atoms with Gasteiger partial charge >= 0.3 is 0 Å². The zero-order chi connectivity index (χ0) is 19.4. The molecule has 1 aromatic carbocycles. The zero-order valence-corrected chi connectivity index (χ0v) is 17.0. The molecular weight excluding hydrogens is 370 g/mol. The number of carbonyl (C=O) groups excluding carboxylic acids is 1. The summed E-state index contributed by atoms with van der Waals surface area (Å²) in [4.78, 5) is 34.7. The molecule has 0 radical (unpaired) electrons. The van der Waals surface area contributed by atoms with Crippen LogP contribution in [0.2, 0.25) is 0 Å². The number of thiophene rings is 1. The number of aromatic nitrogens is 2. The molecule has 0 N–H and O–H groups in total. The lowest BCUT2D eigenvalue weighted by Crippen LogP contribution is -2.40. The highest BCUT2D eigenvalue weighted by atomic mass is 32.1. The molecule has 1 aliphatic carbocycles. The summed E-state index contributed by atoms with van der Waals surface area (Å²) in [5.41, 5.74) is 3.23. The predicted molar refractivity (Wildman–Crippen MR) is 112 cm³/mol. The summed E-state index contributed by atoms with van der Waals surface area (Å²) in [5, 5.41) is 0.733. The summed E-state index contributed by atoms with van der Waals surface area (Å²) in [6.07, 6.45) is 5.46. The number of aryl methyl sites for hydroxylation is 1. The van der Waals surface area contributed by atoms with Crippen LogP contribution in [0.25, 0.3) is 10.2 Å². The number of hydrogen-bond donors (Lipinski definition) is 0. The van der Waals surface area contributed by atoms with E-state index in [1.807, 2.05) is 23.1 Å². The maximum atomic E-state index is 13.2. The van der Waals surface area contributed by atoms with E-state index in [9.17, 15) is 9.59 Å². The number of carbonyl (C=O) groups is 1. The van der Waals surface area contributed by atoms with E-state index in [4.69, 9.17) is 0 Å². The lowest BCUT2D eigenvalue weighted by molar-refractivity contribution is -0.119. The molecular formula is C22H23N3O2S. The average Bonchev–Trinajstić information content (AvgIpc) is 3.20. The second-order valence-corrected chi connectivity index (χ2v) is 9.24. The number of rotatable bonds is 2. The van der Waals surface area contributed by atoms with Crippen LogP contribution in [0.1, 0.15) is 36.3 Å². The van der Waals surface area contributed by atoms with Crippen LogP contribution in [0.15, 0.2) is 35.4 Å². The molecule has 0 fully saturated rings. The van der Waals surface area contributed by atoms with Gasteiger partial charge in [-0.05, 0) is 55.7 Å². The summed E-state index contributed by atoms with van der Waals surface area (Å²) < 4.78 is 1.49. The van der Waals surface area contributed by atoms with E-state index in [-0.39, 0.29) is 24.1 Å². The highest BCUT2D eigenvalue weighted by Crippen LogP contribution is 2.36. The van der Waals surface area contributed by atoms with E-state index in [0.717, 1.165) is 47.2 Å². The van der Waals surface area contributed by atoms with Crippen molar-refractivity contribution in [3.05, 3.63) is 57.0 Å². The molecule has 0 spiro atoms. The van der Waals surface area contributed by atoms with Crippen molar-refractivity contribution in [3.8, 4) is 0 Å². The first-order valence-corrected chi connectivity index (χ1v) is 10.7. The Bertz CT molecular complexity index is 1150. The van der Waals surface area contributed by atoms with Gasteiger partial charge in [0.2, 0.25) is 5.91 Å². The summed E-state index contributed by atoms with van der Waals surface area (Å²) in [7, 11) is 0. The Kier molecular flexibility index (Phi) is 4.12. The van der Waals surface area contributed by atoms with Crippen LogP contribution in [-0.4, -0.2) is 21.5 Å². The highest BCUT2D eigenvalue weighted by molar-refractivity contribution is 7.18. The van der Waals surface area contributed by atoms with Crippen LogP contribution in [0.5, 0.6) is 0 Å². The van der Waals surface area contributed by atoms with Crippen LogP contribution in [0, 0.1) is 5.92 Å². The molecule has 2 aromatic heterocycles. The van der Waals surface area contributed by atoms with Gasteiger partial charge < -0.3 is 4.90 Å². The minimum absolute atomic E-state index is 0.0292. The molecule has 6 heteroatoms. The summed E-state index contributed by atoms with van der Waals surface area (Å²) >= 11 is 1.64. The fourth-order valence-electron chi connectivity index (χ4n) is 4.65. The summed E-state index contributed by atoms with van der Waals surface area (Å²) in [6, 6.07) is 8.11. The molecule has 28 heavy (non-hydrogen) atoms. The van der Waals surface area contributed by atoms with Crippen molar-refractivity contribution in [1.29, 1.82) is 0 Å². The molecule has 3 aromatic rings. The lowest BCUT2D eigenvalue weighted by atomic mass is 9.89. The molecule has 2 aliphatic rings. The molecule has 3 heterocycles. The zero-order valence-electron chi connectivity index (χ0n) is 16.1. The smallest absolute Gasteiger partial charge is 0.262 e. The number of para-hydroxylation sites is 1. The van der Waals surface area contributed by atoms with Crippen molar-refractivity contribution < 1.29 is 4.79 Å². The first kappa shape index (κ1) is 17.6. The standard InChI is InChI=1S/C22H23N3O2S/c1-13-7-8-16-18(9-13)28-21-20(16)22(27)24(12-23-21)11-19(26)25-14(2)10-15-5-3-4-6-17(15)25/h3-6,12-14H,7-11H2,1-2H3/t13-,14-/m1/s1. The Labute approximate surface area is 167 Å². The first-order chi connectivity index (χ1) is 13.5. The molecule has 1 aliphatic heterocycles. The van der Waals surface area contributed by atoms with E-state index in [1.165, 1.54) is 15.0 Å². The number of hydrogen-bond acceptors (Lipinski definition) is 4. The second-order valence-electron chi connectivity index (χ2n) is 8.16. The van der Waals surface area contributed by atoms with Crippen LogP contribution in [-0.2, 0) is 30.6 Å². The fourth-order valence-corrected chi connectivity index (χ4v) is 5.99. The van der Waals surface area contributed by atoms with Crippen LogP contribution < -0.4 is 10.5 Å². The van der Waals surface area contributed by atoms with Gasteiger partial charge in [-0.2, -0.15) is 0 Å². The van der Waals surface area contributed by atoms with Crippen LogP contribution >= 0.6 is 11.3 Å². The third kappa shape index (κ3) is 2.70. The summed E-state index contributed by atoms with van der Waals surface area (Å²) in [6.45, 7) is 4.34. The monoisotopic (exact) mass is 393 g/mol. The van der Waals surface area contributed by atoms with Gasteiger partial charge in [0.05, 0.1) is 11.7 Å². The van der Waals surface area contributed by atoms with Gasteiger partial charge in [-0.3, -0.25) is 14.2 Å². The number of fused-ring (bicyclic) bond motifs is 4. The molecule has 0 saturated heterocycles. The molecule has 2 atom stereocenters. The quantitative estimate of drug-likeness (QED) is 0.669. The van der Waals surface area contributed by atoms with Gasteiger partial charge in [0, 0.05) is 16.6 Å². The van der Waals surface area contributed by atoms with Crippen molar-refractivity contribution in [3.63, 3.8) is 0 Å². The maximum Gasteiger partial charge on any atom is 0.262 e. The fraction of sp³-hybridized carbons (Fsp3) is 0.409. The van der Waals surface area contributed by atoms with Gasteiger partial charge in [-0.1, -0.05) is 25.1 Å². The van der Waals surface area contributed by atoms with Gasteiger partial charge in [-0.15, -0.1) is 11.3 Å². The third-order valence-corrected chi connectivity index (χ3v) is 7.23. The van der Waals surface area contributed by atoms with Crippen molar-refractivity contribution in [1.82, 2.24) is 9.55 Å². The van der Waals surface area contributed by atoms with Gasteiger partial charge in [-0.25, -0.2) is 4.98 Å². The Morgan fingerprint density at radius 3 is 2.93 bits per heavy atom. The molecule has 144 valence electrons. The predicted octanol–water partition coefficient (Wildman–Crippen LogP) is 3.56. The van der Waals surface area contributed by atoms with Gasteiger partial charge in [0.15, 0.2) is 0 Å². The van der Waals surface area contributed by atoms with Gasteiger partial charge in [0.25, 0.3) is 5.56 Å². The van der Waals surface area contributed by atoms with E-state index in [0.29, 0.717) is 5.92 Å². The minimum atomic E-state index is -0.0782. The van der Waals surface area contributed by atoms with Crippen LogP contribution in [0.3, 0.4) is 0 Å². The molecule has 5 rings (SSSR count). The maximum absolute atomic E-state index is 13.2. The van der Waals surface area contributed by atoms with E-state index in [2.05, 4.69) is 24.9 Å². The second kappa shape index (κ2) is 6.55. The van der Waals surface area contributed by atoms with Gasteiger partial charge in [0.1, 0.15) is 11.4 Å². The van der Waals surface area contributed by atoms with Crippen LogP contribution in [0.4, 0.5) is 5.69 Å². The first-order valence-electron chi connectivity index (χ1n) is 9.92. The number of amides is 1. The number of nitrogens with zero attached hydrogens (tertiary/aromatic N) is 3. The van der Waals surface area contributed by atoms with Crippen molar-refractivity contribution >= 4 is 33.1 Å². The van der Waals surface area contributed by atoms with Crippen molar-refractivity contribution in [2.24, 2.45) is 5.92 Å². The largest absolute Gasteiger partial charge is 0.307 e. The molecule has 0 unspecified atom stereocenters. The Morgan fingerprint density at radius 1 is 1.25 bits per heavy atom. The normalized spacial score (nSPS) is 21.0. The Morgan fingerprint density at radius 2 is 2.07 bits per heavy atom. The van der Waals surface area contributed by atoms with Crippen molar-refractivity contribution in [2.75, 3.05) is 4.90 Å². The van der Waals surface area contributed by atoms with E-state index >= 15 is 0 Å². The topological polar surface area (TPSA) is 55.2 Å². The highest BCUT2D eigenvalue weighted by Gasteiger charge is 2.31. The average molecular weight is 394 g/mol. The summed E-state index contributed by atoms with van der Waals surface area (Å²) in [5.74, 6) is 0.597. The number of anilines is 1. The molecule has 5 nitrogen and oxygen atoms in total. The molecule has 1 amide bonds. The Hall–Kier alpha value is -2.47. The molecule has 0 saturated carbocycles. The van der Waals surface area contributed by atoms with E-state index in [1.54, 1.807) is 17.7 Å².